The lowest BCUT2D eigenvalue weighted by atomic mass is 9.73. The number of hydrogen-bond donors (Lipinski definition) is 1. The predicted molar refractivity (Wildman–Crippen MR) is 137 cm³/mol. The molecule has 0 bridgehead atoms. The number of pyridine rings is 1. The van der Waals surface area contributed by atoms with Crippen LogP contribution in [0.2, 0.25) is 0 Å². The monoisotopic (exact) mass is 445 g/mol. The van der Waals surface area contributed by atoms with E-state index in [9.17, 15) is 0 Å². The minimum Gasteiger partial charge on any atom is -0.357 e. The van der Waals surface area contributed by atoms with Crippen LogP contribution in [-0.4, -0.2) is 27.9 Å². The first-order valence-electron chi connectivity index (χ1n) is 12.1. The van der Waals surface area contributed by atoms with Crippen LogP contribution in [0.25, 0.3) is 27.4 Å². The van der Waals surface area contributed by atoms with Crippen molar-refractivity contribution in [2.45, 2.75) is 25.3 Å². The summed E-state index contributed by atoms with van der Waals surface area (Å²) in [7, 11) is 0. The van der Waals surface area contributed by atoms with Gasteiger partial charge < -0.3 is 10.6 Å². The highest BCUT2D eigenvalue weighted by molar-refractivity contribution is 5.91. The van der Waals surface area contributed by atoms with Crippen molar-refractivity contribution in [3.63, 3.8) is 0 Å². The molecule has 5 aromatic rings. The second kappa shape index (κ2) is 7.40. The van der Waals surface area contributed by atoms with Crippen LogP contribution >= 0.6 is 0 Å². The molecule has 7 rings (SSSR count). The fourth-order valence-corrected chi connectivity index (χ4v) is 6.10. The number of benzene rings is 3. The molecule has 1 saturated heterocycles. The molecule has 1 aliphatic carbocycles. The van der Waals surface area contributed by atoms with Crippen LogP contribution in [0.5, 0.6) is 0 Å². The molecule has 3 aromatic carbocycles. The predicted octanol–water partition coefficient (Wildman–Crippen LogP) is 5.42. The number of hydrogen-bond acceptors (Lipinski definition) is 4. The first-order chi connectivity index (χ1) is 16.7. The lowest BCUT2D eigenvalue weighted by Crippen LogP contribution is -2.44. The van der Waals surface area contributed by atoms with Crippen molar-refractivity contribution in [1.29, 1.82) is 0 Å². The highest BCUT2D eigenvalue weighted by Crippen LogP contribution is 2.50. The van der Waals surface area contributed by atoms with Crippen LogP contribution in [0.1, 0.15) is 30.0 Å². The minimum atomic E-state index is 0.137. The van der Waals surface area contributed by atoms with Crippen molar-refractivity contribution >= 4 is 27.5 Å². The first kappa shape index (κ1) is 19.7. The molecule has 5 nitrogen and oxygen atoms in total. The number of piperidine rings is 1. The summed E-state index contributed by atoms with van der Waals surface area (Å²) in [6, 6.07) is 25.8. The Kier molecular flexibility index (Phi) is 4.30. The van der Waals surface area contributed by atoms with E-state index < -0.39 is 0 Å². The van der Waals surface area contributed by atoms with E-state index in [1.165, 1.54) is 21.9 Å². The number of fused-ring (bicyclic) bond motifs is 3. The van der Waals surface area contributed by atoms with Crippen LogP contribution in [0.3, 0.4) is 0 Å². The lowest BCUT2D eigenvalue weighted by Gasteiger charge is -2.42. The summed E-state index contributed by atoms with van der Waals surface area (Å²) < 4.78 is 1.98. The number of nitrogens with two attached hydrogens (primary N) is 1. The summed E-state index contributed by atoms with van der Waals surface area (Å²) in [6.45, 7) is 1.95. The maximum absolute atomic E-state index is 6.77. The zero-order valence-electron chi connectivity index (χ0n) is 19.1. The van der Waals surface area contributed by atoms with E-state index in [1.54, 1.807) is 0 Å². The Labute approximate surface area is 198 Å². The summed E-state index contributed by atoms with van der Waals surface area (Å²) >= 11 is 0. The molecule has 0 unspecified atom stereocenters. The molecule has 2 aliphatic rings. The number of aromatic nitrogens is 3. The van der Waals surface area contributed by atoms with Crippen LogP contribution in [0.4, 0.5) is 5.82 Å². The molecule has 1 fully saturated rings. The van der Waals surface area contributed by atoms with Gasteiger partial charge in [0.05, 0.1) is 11.2 Å². The molecule has 3 heterocycles. The quantitative estimate of drug-likeness (QED) is 0.394. The lowest BCUT2D eigenvalue weighted by molar-refractivity contribution is 0.187. The largest absolute Gasteiger partial charge is 0.357 e. The summed E-state index contributed by atoms with van der Waals surface area (Å²) in [5.74, 6) is 1.01. The normalized spacial score (nSPS) is 19.2. The van der Waals surface area contributed by atoms with E-state index in [2.05, 4.69) is 83.9 Å². The Morgan fingerprint density at radius 2 is 1.68 bits per heavy atom. The fraction of sp³-hybridized carbons (Fsp3) is 0.241. The van der Waals surface area contributed by atoms with Crippen LogP contribution in [0.15, 0.2) is 85.2 Å². The summed E-state index contributed by atoms with van der Waals surface area (Å²) in [4.78, 5) is 7.21. The van der Waals surface area contributed by atoms with Crippen molar-refractivity contribution in [2.75, 3.05) is 18.0 Å². The second-order valence-corrected chi connectivity index (χ2v) is 9.88. The molecule has 2 N–H and O–H groups in total. The minimum absolute atomic E-state index is 0.137. The Bertz CT molecular complexity index is 1520. The Morgan fingerprint density at radius 1 is 0.882 bits per heavy atom. The van der Waals surface area contributed by atoms with E-state index in [4.69, 9.17) is 15.8 Å². The topological polar surface area (TPSA) is 60.0 Å². The third-order valence-corrected chi connectivity index (χ3v) is 8.06. The number of rotatable bonds is 2. The van der Waals surface area contributed by atoms with Gasteiger partial charge in [0, 0.05) is 48.4 Å². The average Bonchev–Trinajstić information content (AvgIpc) is 3.43. The zero-order valence-corrected chi connectivity index (χ0v) is 19.1. The van der Waals surface area contributed by atoms with Crippen LogP contribution in [0, 0.1) is 5.41 Å². The standard InChI is InChI=1S/C29H27N5/c30-28-24-10-4-2-7-21(24)17-29(28)12-14-33(15-13-29)27-16-25-22(18-31-27)19-34(32-25)26-11-5-8-20-6-1-3-9-23(20)26/h1-11,16,18-19,28H,12-15,17,30H2/t28-/m1/s1. The molecule has 34 heavy (non-hydrogen) atoms. The van der Waals surface area contributed by atoms with Crippen molar-refractivity contribution in [1.82, 2.24) is 14.8 Å². The number of anilines is 1. The molecule has 0 amide bonds. The summed E-state index contributed by atoms with van der Waals surface area (Å²) in [5.41, 5.74) is 11.8. The second-order valence-electron chi connectivity index (χ2n) is 9.88. The average molecular weight is 446 g/mol. The van der Waals surface area contributed by atoms with Gasteiger partial charge in [-0.1, -0.05) is 60.7 Å². The Morgan fingerprint density at radius 3 is 2.56 bits per heavy atom. The molecule has 1 spiro atoms. The van der Waals surface area contributed by atoms with Crippen molar-refractivity contribution in [3.05, 3.63) is 96.3 Å². The van der Waals surface area contributed by atoms with Gasteiger partial charge >= 0.3 is 0 Å². The first-order valence-corrected chi connectivity index (χ1v) is 12.1. The Hall–Kier alpha value is -3.70. The maximum atomic E-state index is 6.77. The van der Waals surface area contributed by atoms with Crippen molar-refractivity contribution in [2.24, 2.45) is 11.1 Å². The van der Waals surface area contributed by atoms with E-state index in [-0.39, 0.29) is 11.5 Å². The molecular formula is C29H27N5. The van der Waals surface area contributed by atoms with Crippen LogP contribution in [-0.2, 0) is 6.42 Å². The summed E-state index contributed by atoms with van der Waals surface area (Å²) in [5, 5.41) is 8.39. The third kappa shape index (κ3) is 2.97. The smallest absolute Gasteiger partial charge is 0.130 e. The van der Waals surface area contributed by atoms with E-state index in [0.29, 0.717) is 0 Å². The van der Waals surface area contributed by atoms with Gasteiger partial charge in [-0.25, -0.2) is 9.67 Å². The van der Waals surface area contributed by atoms with Gasteiger partial charge in [0.25, 0.3) is 0 Å². The number of nitrogens with zero attached hydrogens (tertiary/aromatic N) is 4. The van der Waals surface area contributed by atoms with Crippen LogP contribution < -0.4 is 10.6 Å². The molecule has 0 radical (unpaired) electrons. The van der Waals surface area contributed by atoms with Gasteiger partial charge in [0.1, 0.15) is 5.82 Å². The van der Waals surface area contributed by atoms with Gasteiger partial charge in [0.15, 0.2) is 0 Å². The molecule has 1 atom stereocenters. The third-order valence-electron chi connectivity index (χ3n) is 8.06. The van der Waals surface area contributed by atoms with E-state index in [1.807, 2.05) is 10.9 Å². The molecule has 2 aromatic heterocycles. The SMILES string of the molecule is N[C@@H]1c2ccccc2CC12CCN(c1cc3nn(-c4cccc5ccccc45)cc3cn1)CC2. The van der Waals surface area contributed by atoms with Gasteiger partial charge in [-0.2, -0.15) is 5.10 Å². The fourth-order valence-electron chi connectivity index (χ4n) is 6.10. The molecule has 1 aliphatic heterocycles. The highest BCUT2D eigenvalue weighted by atomic mass is 15.3. The molecule has 5 heteroatoms. The zero-order chi connectivity index (χ0) is 22.7. The summed E-state index contributed by atoms with van der Waals surface area (Å²) in [6.07, 6.45) is 7.31. The molecule has 0 saturated carbocycles. The molecule has 168 valence electrons. The van der Waals surface area contributed by atoms with Gasteiger partial charge in [0.2, 0.25) is 0 Å². The van der Waals surface area contributed by atoms with Gasteiger partial charge in [-0.3, -0.25) is 0 Å². The Balaban J connectivity index is 1.16. The van der Waals surface area contributed by atoms with Crippen molar-refractivity contribution in [3.8, 4) is 5.69 Å². The van der Waals surface area contributed by atoms with Gasteiger partial charge in [-0.05, 0) is 47.3 Å². The maximum Gasteiger partial charge on any atom is 0.130 e. The van der Waals surface area contributed by atoms with E-state index in [0.717, 1.165) is 54.8 Å². The molecular weight excluding hydrogens is 418 g/mol. The highest BCUT2D eigenvalue weighted by Gasteiger charge is 2.45. The van der Waals surface area contributed by atoms with Gasteiger partial charge in [-0.15, -0.1) is 0 Å². The van der Waals surface area contributed by atoms with Crippen molar-refractivity contribution < 1.29 is 0 Å². The van der Waals surface area contributed by atoms with E-state index >= 15 is 0 Å².